The fourth-order valence-corrected chi connectivity index (χ4v) is 5.14. The van der Waals surface area contributed by atoms with E-state index in [0.717, 1.165) is 16.1 Å². The fraction of sp³-hybridized carbons (Fsp3) is 0.526. The predicted octanol–water partition coefficient (Wildman–Crippen LogP) is 2.93. The molecule has 0 radical (unpaired) electrons. The number of carbonyl (C=O) groups is 1. The number of carbonyl (C=O) groups excluding carboxylic acids is 1. The molecule has 0 spiro atoms. The minimum atomic E-state index is -0.0700. The van der Waals surface area contributed by atoms with Crippen LogP contribution in [-0.4, -0.2) is 51.4 Å². The molecule has 0 unspecified atom stereocenters. The number of rotatable bonds is 6. The number of thiophene rings is 1. The molecule has 146 valence electrons. The van der Waals surface area contributed by atoms with Crippen molar-refractivity contribution in [2.24, 2.45) is 0 Å². The third-order valence-corrected chi connectivity index (χ3v) is 6.56. The highest BCUT2D eigenvalue weighted by atomic mass is 32.2. The van der Waals surface area contributed by atoms with E-state index in [4.69, 9.17) is 4.74 Å². The van der Waals surface area contributed by atoms with Gasteiger partial charge in [0, 0.05) is 24.5 Å². The van der Waals surface area contributed by atoms with Gasteiger partial charge in [0.15, 0.2) is 5.16 Å². The molecule has 0 saturated carbocycles. The van der Waals surface area contributed by atoms with E-state index in [0.29, 0.717) is 30.2 Å². The van der Waals surface area contributed by atoms with Crippen molar-refractivity contribution in [1.29, 1.82) is 0 Å². The number of allylic oxidation sites excluding steroid dienone is 1. The van der Waals surface area contributed by atoms with Crippen LogP contribution in [-0.2, 0) is 22.5 Å². The molecule has 2 atom stereocenters. The summed E-state index contributed by atoms with van der Waals surface area (Å²) in [5.74, 6) is 0.294. The molecule has 0 aliphatic carbocycles. The van der Waals surface area contributed by atoms with Crippen LogP contribution in [0.15, 0.2) is 28.7 Å². The summed E-state index contributed by atoms with van der Waals surface area (Å²) in [6.07, 6.45) is 2.62. The van der Waals surface area contributed by atoms with Crippen LogP contribution in [0.2, 0.25) is 0 Å². The molecule has 27 heavy (non-hydrogen) atoms. The fourth-order valence-electron chi connectivity index (χ4n) is 3.22. The Morgan fingerprint density at radius 2 is 2.15 bits per heavy atom. The molecule has 0 bridgehead atoms. The SMILES string of the molecule is C=CCn1c(SCC(=O)N2C[C@@H](C)O[C@@H](C)C2)nc2sc(CC)cc2c1=O. The van der Waals surface area contributed by atoms with Gasteiger partial charge < -0.3 is 9.64 Å². The lowest BCUT2D eigenvalue weighted by Gasteiger charge is -2.35. The molecule has 3 rings (SSSR count). The van der Waals surface area contributed by atoms with E-state index in [1.807, 2.05) is 24.8 Å². The van der Waals surface area contributed by atoms with Crippen molar-refractivity contribution >= 4 is 39.2 Å². The van der Waals surface area contributed by atoms with Crippen molar-refractivity contribution in [3.63, 3.8) is 0 Å². The summed E-state index contributed by atoms with van der Waals surface area (Å²) < 4.78 is 7.29. The first kappa shape index (κ1) is 20.1. The molecule has 1 aliphatic heterocycles. The maximum Gasteiger partial charge on any atom is 0.263 e. The average molecular weight is 408 g/mol. The molecule has 0 aromatic carbocycles. The smallest absolute Gasteiger partial charge is 0.263 e. The van der Waals surface area contributed by atoms with E-state index in [9.17, 15) is 9.59 Å². The second kappa shape index (κ2) is 8.58. The number of fused-ring (bicyclic) bond motifs is 1. The minimum absolute atomic E-state index is 0.0368. The molecule has 1 saturated heterocycles. The Bertz CT molecular complexity index is 895. The number of hydrogen-bond donors (Lipinski definition) is 0. The number of hydrogen-bond acceptors (Lipinski definition) is 6. The van der Waals surface area contributed by atoms with Gasteiger partial charge in [-0.2, -0.15) is 0 Å². The second-order valence-corrected chi connectivity index (χ2v) is 8.79. The molecule has 8 heteroatoms. The lowest BCUT2D eigenvalue weighted by Crippen LogP contribution is -2.48. The monoisotopic (exact) mass is 407 g/mol. The van der Waals surface area contributed by atoms with Gasteiger partial charge in [0.25, 0.3) is 5.56 Å². The van der Waals surface area contributed by atoms with Crippen LogP contribution in [0.3, 0.4) is 0 Å². The Hall–Kier alpha value is -1.64. The Balaban J connectivity index is 1.83. The highest BCUT2D eigenvalue weighted by Crippen LogP contribution is 2.25. The zero-order valence-corrected chi connectivity index (χ0v) is 17.6. The lowest BCUT2D eigenvalue weighted by molar-refractivity contribution is -0.140. The van der Waals surface area contributed by atoms with Crippen LogP contribution in [0, 0.1) is 0 Å². The van der Waals surface area contributed by atoms with Gasteiger partial charge in [0.1, 0.15) is 4.83 Å². The third-order valence-electron chi connectivity index (χ3n) is 4.42. The Morgan fingerprint density at radius 1 is 1.44 bits per heavy atom. The van der Waals surface area contributed by atoms with E-state index >= 15 is 0 Å². The zero-order chi connectivity index (χ0) is 19.6. The van der Waals surface area contributed by atoms with Crippen molar-refractivity contribution in [2.45, 2.75) is 51.1 Å². The quantitative estimate of drug-likeness (QED) is 0.418. The number of nitrogens with zero attached hydrogens (tertiary/aromatic N) is 3. The van der Waals surface area contributed by atoms with Crippen LogP contribution in [0.1, 0.15) is 25.6 Å². The summed E-state index contributed by atoms with van der Waals surface area (Å²) in [6, 6.07) is 1.92. The Labute approximate surface area is 167 Å². The van der Waals surface area contributed by atoms with E-state index in [2.05, 4.69) is 18.5 Å². The van der Waals surface area contributed by atoms with Gasteiger partial charge in [-0.1, -0.05) is 24.8 Å². The molecular formula is C19H25N3O3S2. The topological polar surface area (TPSA) is 64.4 Å². The number of aromatic nitrogens is 2. The number of morpholine rings is 1. The van der Waals surface area contributed by atoms with Crippen molar-refractivity contribution in [1.82, 2.24) is 14.5 Å². The van der Waals surface area contributed by atoms with Gasteiger partial charge in [0.2, 0.25) is 5.91 Å². The average Bonchev–Trinajstić information content (AvgIpc) is 3.05. The molecule has 2 aromatic heterocycles. The minimum Gasteiger partial charge on any atom is -0.372 e. The second-order valence-electron chi connectivity index (χ2n) is 6.73. The molecule has 0 N–H and O–H groups in total. The van der Waals surface area contributed by atoms with Gasteiger partial charge in [-0.05, 0) is 26.3 Å². The lowest BCUT2D eigenvalue weighted by atomic mass is 10.2. The van der Waals surface area contributed by atoms with Crippen LogP contribution in [0.5, 0.6) is 0 Å². The summed E-state index contributed by atoms with van der Waals surface area (Å²) in [5.41, 5.74) is -0.0700. The Morgan fingerprint density at radius 3 is 2.78 bits per heavy atom. The molecule has 1 amide bonds. The Kier molecular flexibility index (Phi) is 6.39. The predicted molar refractivity (Wildman–Crippen MR) is 111 cm³/mol. The molecule has 1 fully saturated rings. The van der Waals surface area contributed by atoms with E-state index in [1.165, 1.54) is 23.1 Å². The summed E-state index contributed by atoms with van der Waals surface area (Å²) in [5, 5.41) is 1.21. The zero-order valence-electron chi connectivity index (χ0n) is 15.9. The molecular weight excluding hydrogens is 382 g/mol. The first-order valence-corrected chi connectivity index (χ1v) is 10.9. The number of aryl methyl sites for hydroxylation is 1. The van der Waals surface area contributed by atoms with Gasteiger partial charge in [-0.25, -0.2) is 4.98 Å². The van der Waals surface area contributed by atoms with Crippen molar-refractivity contribution in [2.75, 3.05) is 18.8 Å². The first-order valence-electron chi connectivity index (χ1n) is 9.13. The van der Waals surface area contributed by atoms with Gasteiger partial charge in [-0.15, -0.1) is 17.9 Å². The number of thioether (sulfide) groups is 1. The van der Waals surface area contributed by atoms with Crippen molar-refractivity contribution in [3.05, 3.63) is 34.0 Å². The summed E-state index contributed by atoms with van der Waals surface area (Å²) in [4.78, 5) is 33.9. The van der Waals surface area contributed by atoms with E-state index in [1.54, 1.807) is 10.6 Å². The van der Waals surface area contributed by atoms with Crippen LogP contribution < -0.4 is 5.56 Å². The maximum atomic E-state index is 12.9. The van der Waals surface area contributed by atoms with Crippen LogP contribution in [0.25, 0.3) is 10.2 Å². The summed E-state index contributed by atoms with van der Waals surface area (Å²) >= 11 is 2.86. The normalized spacial score (nSPS) is 20.2. The van der Waals surface area contributed by atoms with Gasteiger partial charge >= 0.3 is 0 Å². The standard InChI is InChI=1S/C19H25N3O3S2/c1-5-7-22-18(24)15-8-14(6-2)27-17(15)20-19(22)26-11-16(23)21-9-12(3)25-13(4)10-21/h5,8,12-13H,1,6-7,9-11H2,2-4H3/t12-,13+. The summed E-state index contributed by atoms with van der Waals surface area (Å²) in [7, 11) is 0. The highest BCUT2D eigenvalue weighted by Gasteiger charge is 2.26. The van der Waals surface area contributed by atoms with Gasteiger partial charge in [0.05, 0.1) is 23.3 Å². The van der Waals surface area contributed by atoms with Crippen LogP contribution >= 0.6 is 23.1 Å². The molecule has 1 aliphatic rings. The number of ether oxygens (including phenoxy) is 1. The number of amides is 1. The molecule has 2 aromatic rings. The van der Waals surface area contributed by atoms with Crippen molar-refractivity contribution in [3.8, 4) is 0 Å². The maximum absolute atomic E-state index is 12.9. The highest BCUT2D eigenvalue weighted by molar-refractivity contribution is 7.99. The van der Waals surface area contributed by atoms with E-state index in [-0.39, 0.29) is 29.4 Å². The largest absolute Gasteiger partial charge is 0.372 e. The molecule has 3 heterocycles. The van der Waals surface area contributed by atoms with Crippen molar-refractivity contribution < 1.29 is 9.53 Å². The van der Waals surface area contributed by atoms with Gasteiger partial charge in [-0.3, -0.25) is 14.2 Å². The van der Waals surface area contributed by atoms with Crippen LogP contribution in [0.4, 0.5) is 0 Å². The molecule has 6 nitrogen and oxygen atoms in total. The first-order chi connectivity index (χ1) is 12.9. The van der Waals surface area contributed by atoms with E-state index < -0.39 is 0 Å². The summed E-state index contributed by atoms with van der Waals surface area (Å²) in [6.45, 7) is 11.3. The third kappa shape index (κ3) is 4.44.